The van der Waals surface area contributed by atoms with Crippen molar-refractivity contribution in [1.29, 1.82) is 0 Å². The van der Waals surface area contributed by atoms with Crippen molar-refractivity contribution in [2.24, 2.45) is 5.92 Å². The molecule has 0 atom stereocenters. The molecule has 0 amide bonds. The van der Waals surface area contributed by atoms with Gasteiger partial charge in [-0.2, -0.15) is 0 Å². The zero-order chi connectivity index (χ0) is 15.5. The second-order valence-electron chi connectivity index (χ2n) is 6.00. The summed E-state index contributed by atoms with van der Waals surface area (Å²) in [4.78, 5) is 2.57. The maximum atomic E-state index is 3.45. The van der Waals surface area contributed by atoms with Crippen LogP contribution < -0.4 is 5.32 Å². The van der Waals surface area contributed by atoms with Crippen LogP contribution in [-0.4, -0.2) is 24.5 Å². The fourth-order valence-electron chi connectivity index (χ4n) is 2.65. The van der Waals surface area contributed by atoms with Crippen LogP contribution in [0.5, 0.6) is 0 Å². The zero-order valence-corrected chi connectivity index (χ0v) is 14.5. The van der Waals surface area contributed by atoms with E-state index in [1.807, 2.05) is 0 Å². The summed E-state index contributed by atoms with van der Waals surface area (Å²) in [7, 11) is 0. The van der Waals surface area contributed by atoms with Crippen LogP contribution in [0.4, 0.5) is 0 Å². The summed E-state index contributed by atoms with van der Waals surface area (Å²) in [6, 6.07) is 9.11. The molecule has 0 heterocycles. The Morgan fingerprint density at radius 1 is 0.952 bits per heavy atom. The summed E-state index contributed by atoms with van der Waals surface area (Å²) in [5.74, 6) is 0.836. The molecule has 1 rings (SSSR count). The van der Waals surface area contributed by atoms with E-state index in [1.54, 1.807) is 0 Å². The smallest absolute Gasteiger partial charge is 0.0233 e. The number of nitrogens with zero attached hydrogens (tertiary/aromatic N) is 1. The Morgan fingerprint density at radius 3 is 2.10 bits per heavy atom. The molecular weight excluding hydrogens is 256 g/mol. The van der Waals surface area contributed by atoms with Crippen LogP contribution in [0.15, 0.2) is 24.3 Å². The Labute approximate surface area is 131 Å². The number of hydrogen-bond donors (Lipinski definition) is 1. The molecule has 0 radical (unpaired) electrons. The topological polar surface area (TPSA) is 15.3 Å². The molecule has 0 spiro atoms. The van der Waals surface area contributed by atoms with Crippen LogP contribution >= 0.6 is 0 Å². The van der Waals surface area contributed by atoms with Crippen LogP contribution in [-0.2, 0) is 13.1 Å². The standard InChI is InChI=1S/C19H34N2/c1-5-13-20-14-18-9-11-19(12-10-18)16-21(8-4)15-17(6-2)7-3/h9-12,17,20H,5-8,13-16H2,1-4H3. The summed E-state index contributed by atoms with van der Waals surface area (Å²) in [6.07, 6.45) is 3.77. The molecule has 0 aliphatic carbocycles. The molecule has 0 saturated heterocycles. The van der Waals surface area contributed by atoms with E-state index in [0.717, 1.165) is 32.1 Å². The SMILES string of the molecule is CCCNCc1ccc(CN(CC)CC(CC)CC)cc1. The molecule has 0 saturated carbocycles. The van der Waals surface area contributed by atoms with Gasteiger partial charge >= 0.3 is 0 Å². The van der Waals surface area contributed by atoms with E-state index in [-0.39, 0.29) is 0 Å². The first kappa shape index (κ1) is 18.2. The minimum Gasteiger partial charge on any atom is -0.313 e. The van der Waals surface area contributed by atoms with E-state index >= 15 is 0 Å². The van der Waals surface area contributed by atoms with Crippen LogP contribution in [0.25, 0.3) is 0 Å². The molecule has 2 nitrogen and oxygen atoms in total. The normalized spacial score (nSPS) is 11.5. The Balaban J connectivity index is 2.48. The summed E-state index contributed by atoms with van der Waals surface area (Å²) in [5, 5.41) is 3.45. The highest BCUT2D eigenvalue weighted by molar-refractivity contribution is 5.22. The molecule has 0 aliphatic heterocycles. The van der Waals surface area contributed by atoms with E-state index < -0.39 is 0 Å². The van der Waals surface area contributed by atoms with Crippen LogP contribution in [0, 0.1) is 5.92 Å². The maximum absolute atomic E-state index is 3.45. The van der Waals surface area contributed by atoms with Gasteiger partial charge in [0, 0.05) is 19.6 Å². The predicted octanol–water partition coefficient (Wildman–Crippen LogP) is 4.44. The predicted molar refractivity (Wildman–Crippen MR) is 93.5 cm³/mol. The Morgan fingerprint density at radius 2 is 1.57 bits per heavy atom. The van der Waals surface area contributed by atoms with E-state index in [0.29, 0.717) is 0 Å². The van der Waals surface area contributed by atoms with E-state index in [2.05, 4.69) is 62.2 Å². The second-order valence-corrected chi connectivity index (χ2v) is 6.00. The summed E-state index contributed by atoms with van der Waals surface area (Å²) in [6.45, 7) is 14.6. The minimum atomic E-state index is 0.836. The van der Waals surface area contributed by atoms with Crippen molar-refractivity contribution in [2.45, 2.75) is 60.0 Å². The molecule has 120 valence electrons. The van der Waals surface area contributed by atoms with Gasteiger partial charge in [0.25, 0.3) is 0 Å². The van der Waals surface area contributed by atoms with Crippen LogP contribution in [0.1, 0.15) is 58.1 Å². The Hall–Kier alpha value is -0.860. The second kappa shape index (κ2) is 10.8. The maximum Gasteiger partial charge on any atom is 0.0233 e. The monoisotopic (exact) mass is 290 g/mol. The molecule has 1 N–H and O–H groups in total. The highest BCUT2D eigenvalue weighted by Crippen LogP contribution is 2.13. The van der Waals surface area contributed by atoms with Gasteiger partial charge in [0.1, 0.15) is 0 Å². The number of rotatable bonds is 11. The number of nitrogens with one attached hydrogen (secondary N) is 1. The summed E-state index contributed by atoms with van der Waals surface area (Å²) < 4.78 is 0. The van der Waals surface area contributed by atoms with E-state index in [9.17, 15) is 0 Å². The average Bonchev–Trinajstić information content (AvgIpc) is 2.53. The first-order valence-electron chi connectivity index (χ1n) is 8.74. The molecule has 2 heteroatoms. The van der Waals surface area contributed by atoms with Gasteiger partial charge in [-0.1, -0.05) is 64.8 Å². The van der Waals surface area contributed by atoms with Crippen molar-refractivity contribution < 1.29 is 0 Å². The third kappa shape index (κ3) is 7.10. The van der Waals surface area contributed by atoms with Gasteiger partial charge in [0.2, 0.25) is 0 Å². The number of benzene rings is 1. The third-order valence-electron chi connectivity index (χ3n) is 4.30. The Kier molecular flexibility index (Phi) is 9.36. The molecule has 0 aliphatic rings. The molecule has 1 aromatic carbocycles. The first-order chi connectivity index (χ1) is 10.2. The van der Waals surface area contributed by atoms with Gasteiger partial charge in [0.15, 0.2) is 0 Å². The largest absolute Gasteiger partial charge is 0.313 e. The molecule has 0 fully saturated rings. The molecule has 1 aromatic rings. The molecular formula is C19H34N2. The van der Waals surface area contributed by atoms with Gasteiger partial charge in [-0.15, -0.1) is 0 Å². The van der Waals surface area contributed by atoms with Gasteiger partial charge in [0.05, 0.1) is 0 Å². The molecule has 0 aromatic heterocycles. The van der Waals surface area contributed by atoms with Crippen molar-refractivity contribution in [3.05, 3.63) is 35.4 Å². The first-order valence-corrected chi connectivity index (χ1v) is 8.74. The van der Waals surface area contributed by atoms with Crippen molar-refractivity contribution in [3.63, 3.8) is 0 Å². The van der Waals surface area contributed by atoms with Gasteiger partial charge in [-0.05, 0) is 36.6 Å². The third-order valence-corrected chi connectivity index (χ3v) is 4.30. The zero-order valence-electron chi connectivity index (χ0n) is 14.5. The summed E-state index contributed by atoms with van der Waals surface area (Å²) in [5.41, 5.74) is 2.82. The minimum absolute atomic E-state index is 0.836. The van der Waals surface area contributed by atoms with Crippen molar-refractivity contribution >= 4 is 0 Å². The highest BCUT2D eigenvalue weighted by atomic mass is 15.1. The quantitative estimate of drug-likeness (QED) is 0.606. The fourth-order valence-corrected chi connectivity index (χ4v) is 2.65. The van der Waals surface area contributed by atoms with Gasteiger partial charge in [-0.25, -0.2) is 0 Å². The highest BCUT2D eigenvalue weighted by Gasteiger charge is 2.10. The molecule has 0 bridgehead atoms. The molecule has 0 unspecified atom stereocenters. The van der Waals surface area contributed by atoms with E-state index in [1.165, 1.54) is 36.9 Å². The van der Waals surface area contributed by atoms with Gasteiger partial charge < -0.3 is 5.32 Å². The van der Waals surface area contributed by atoms with Crippen LogP contribution in [0.3, 0.4) is 0 Å². The number of hydrogen-bond acceptors (Lipinski definition) is 2. The van der Waals surface area contributed by atoms with Gasteiger partial charge in [-0.3, -0.25) is 4.90 Å². The molecule has 21 heavy (non-hydrogen) atoms. The summed E-state index contributed by atoms with van der Waals surface area (Å²) >= 11 is 0. The Bertz CT molecular complexity index is 354. The average molecular weight is 290 g/mol. The lowest BCUT2D eigenvalue weighted by molar-refractivity contribution is 0.226. The van der Waals surface area contributed by atoms with Crippen molar-refractivity contribution in [3.8, 4) is 0 Å². The lowest BCUT2D eigenvalue weighted by Gasteiger charge is -2.25. The lowest BCUT2D eigenvalue weighted by Crippen LogP contribution is -2.28. The van der Waals surface area contributed by atoms with Crippen LogP contribution in [0.2, 0.25) is 0 Å². The van der Waals surface area contributed by atoms with E-state index in [4.69, 9.17) is 0 Å². The lowest BCUT2D eigenvalue weighted by atomic mass is 10.0. The fraction of sp³-hybridized carbons (Fsp3) is 0.684. The van der Waals surface area contributed by atoms with Crippen molar-refractivity contribution in [1.82, 2.24) is 10.2 Å². The van der Waals surface area contributed by atoms with Crippen molar-refractivity contribution in [2.75, 3.05) is 19.6 Å².